The van der Waals surface area contributed by atoms with Gasteiger partial charge >= 0.3 is 0 Å². The zero-order valence-corrected chi connectivity index (χ0v) is 9.77. The molecule has 0 aliphatic heterocycles. The van der Waals surface area contributed by atoms with E-state index in [-0.39, 0.29) is 7.43 Å². The maximum absolute atomic E-state index is 2.17. The van der Waals surface area contributed by atoms with Crippen molar-refractivity contribution < 1.29 is 0 Å². The second-order valence-electron chi connectivity index (χ2n) is 2.84. The molecule has 1 heterocycles. The van der Waals surface area contributed by atoms with Gasteiger partial charge in [0, 0.05) is 4.88 Å². The molecule has 1 heteroatoms. The first-order valence-electron chi connectivity index (χ1n) is 4.97. The normalized spacial score (nSPS) is 8.47. The van der Waals surface area contributed by atoms with E-state index in [4.69, 9.17) is 0 Å². The van der Waals surface area contributed by atoms with Crippen LogP contribution in [0.1, 0.15) is 26.8 Å². The number of benzene rings is 1. The Labute approximate surface area is 97.6 Å². The van der Waals surface area contributed by atoms with Crippen molar-refractivity contribution in [1.82, 2.24) is 0 Å². The Morgan fingerprint density at radius 2 is 1.53 bits per heavy atom. The molecule has 0 aliphatic rings. The predicted octanol–water partition coefficient (Wildman–Crippen LogP) is 5.39. The molecule has 0 fully saturated rings. The van der Waals surface area contributed by atoms with E-state index in [9.17, 15) is 0 Å². The van der Waals surface area contributed by atoms with Gasteiger partial charge in [0.25, 0.3) is 0 Å². The van der Waals surface area contributed by atoms with Crippen molar-refractivity contribution in [2.45, 2.75) is 28.2 Å². The van der Waals surface area contributed by atoms with Gasteiger partial charge in [0.15, 0.2) is 0 Å². The molecule has 0 saturated carbocycles. The Balaban J connectivity index is 0.000000617. The molecule has 0 amide bonds. The van der Waals surface area contributed by atoms with Gasteiger partial charge in [0.2, 0.25) is 0 Å². The first-order chi connectivity index (χ1) is 6.86. The van der Waals surface area contributed by atoms with Crippen LogP contribution in [0, 0.1) is 6.92 Å². The van der Waals surface area contributed by atoms with E-state index in [0.717, 1.165) is 0 Å². The van der Waals surface area contributed by atoms with E-state index in [2.05, 4.69) is 48.7 Å². The highest BCUT2D eigenvalue weighted by molar-refractivity contribution is 7.13. The molecule has 2 aromatic rings. The van der Waals surface area contributed by atoms with Crippen LogP contribution in [-0.4, -0.2) is 0 Å². The molecule has 0 bridgehead atoms. The molecule has 0 nitrogen and oxygen atoms in total. The molecule has 0 saturated heterocycles. The van der Waals surface area contributed by atoms with Gasteiger partial charge in [-0.15, -0.1) is 11.3 Å². The molecule has 1 aromatic heterocycles. The Kier molecular flexibility index (Phi) is 6.72. The van der Waals surface area contributed by atoms with E-state index in [1.165, 1.54) is 16.0 Å². The van der Waals surface area contributed by atoms with Crippen LogP contribution in [0.25, 0.3) is 10.4 Å². The SMILES string of the molecule is C.CC.Cc1ccc(-c2cccs2)cc1. The van der Waals surface area contributed by atoms with Crippen molar-refractivity contribution >= 4 is 11.3 Å². The van der Waals surface area contributed by atoms with Crippen molar-refractivity contribution in [3.05, 3.63) is 47.3 Å². The van der Waals surface area contributed by atoms with Gasteiger partial charge in [-0.2, -0.15) is 0 Å². The highest BCUT2D eigenvalue weighted by atomic mass is 32.1. The van der Waals surface area contributed by atoms with Gasteiger partial charge in [-0.05, 0) is 23.9 Å². The molecule has 1 aromatic carbocycles. The second kappa shape index (κ2) is 7.24. The van der Waals surface area contributed by atoms with Crippen LogP contribution in [0.3, 0.4) is 0 Å². The topological polar surface area (TPSA) is 0 Å². The minimum atomic E-state index is 0. The molecule has 0 N–H and O–H groups in total. The molecule has 0 unspecified atom stereocenters. The lowest BCUT2D eigenvalue weighted by Gasteiger charge is -1.96. The zero-order valence-electron chi connectivity index (χ0n) is 8.95. The Hall–Kier alpha value is -1.08. The molecular weight excluding hydrogens is 200 g/mol. The summed E-state index contributed by atoms with van der Waals surface area (Å²) in [5.74, 6) is 0. The van der Waals surface area contributed by atoms with Gasteiger partial charge in [0.05, 0.1) is 0 Å². The number of aryl methyl sites for hydroxylation is 1. The molecule has 82 valence electrons. The number of rotatable bonds is 1. The van der Waals surface area contributed by atoms with Crippen LogP contribution < -0.4 is 0 Å². The first kappa shape index (κ1) is 13.9. The lowest BCUT2D eigenvalue weighted by molar-refractivity contribution is 1.48. The second-order valence-corrected chi connectivity index (χ2v) is 3.79. The van der Waals surface area contributed by atoms with Gasteiger partial charge in [-0.25, -0.2) is 0 Å². The van der Waals surface area contributed by atoms with E-state index in [1.54, 1.807) is 11.3 Å². The third-order valence-corrected chi connectivity index (χ3v) is 2.78. The molecule has 0 spiro atoms. The summed E-state index contributed by atoms with van der Waals surface area (Å²) >= 11 is 1.78. The summed E-state index contributed by atoms with van der Waals surface area (Å²) in [7, 11) is 0. The quantitative estimate of drug-likeness (QED) is 0.604. The molecule has 0 aliphatic carbocycles. The fraction of sp³-hybridized carbons (Fsp3) is 0.286. The van der Waals surface area contributed by atoms with Crippen molar-refractivity contribution in [2.24, 2.45) is 0 Å². The molecular formula is C14H20S. The standard InChI is InChI=1S/C11H10S.C2H6.CH4/c1-9-4-6-10(7-5-9)11-3-2-8-12-11;1-2;/h2-8H,1H3;1-2H3;1H4. The lowest BCUT2D eigenvalue weighted by Crippen LogP contribution is -1.72. The number of hydrogen-bond acceptors (Lipinski definition) is 1. The first-order valence-corrected chi connectivity index (χ1v) is 5.85. The third kappa shape index (κ3) is 3.88. The van der Waals surface area contributed by atoms with E-state index in [0.29, 0.717) is 0 Å². The van der Waals surface area contributed by atoms with E-state index in [1.807, 2.05) is 13.8 Å². The van der Waals surface area contributed by atoms with Crippen molar-refractivity contribution in [1.29, 1.82) is 0 Å². The van der Waals surface area contributed by atoms with Crippen LogP contribution in [0.5, 0.6) is 0 Å². The van der Waals surface area contributed by atoms with Gasteiger partial charge in [-0.3, -0.25) is 0 Å². The third-order valence-electron chi connectivity index (χ3n) is 1.86. The summed E-state index contributed by atoms with van der Waals surface area (Å²) in [6.07, 6.45) is 0. The maximum atomic E-state index is 2.17. The fourth-order valence-electron chi connectivity index (χ4n) is 1.16. The van der Waals surface area contributed by atoms with E-state index >= 15 is 0 Å². The molecule has 0 atom stereocenters. The monoisotopic (exact) mass is 220 g/mol. The predicted molar refractivity (Wildman–Crippen MR) is 72.6 cm³/mol. The van der Waals surface area contributed by atoms with Crippen LogP contribution >= 0.6 is 11.3 Å². The summed E-state index contributed by atoms with van der Waals surface area (Å²) < 4.78 is 0. The van der Waals surface area contributed by atoms with Crippen LogP contribution in [0.2, 0.25) is 0 Å². The average Bonchev–Trinajstić information content (AvgIpc) is 2.75. The largest absolute Gasteiger partial charge is 0.144 e. The summed E-state index contributed by atoms with van der Waals surface area (Å²) in [6.45, 7) is 6.11. The summed E-state index contributed by atoms with van der Waals surface area (Å²) in [5, 5.41) is 2.11. The van der Waals surface area contributed by atoms with Crippen LogP contribution in [0.15, 0.2) is 41.8 Å². The smallest absolute Gasteiger partial charge is 0.0342 e. The number of hydrogen-bond donors (Lipinski definition) is 0. The van der Waals surface area contributed by atoms with Crippen LogP contribution in [-0.2, 0) is 0 Å². The van der Waals surface area contributed by atoms with Gasteiger partial charge in [0.1, 0.15) is 0 Å². The Morgan fingerprint density at radius 1 is 0.933 bits per heavy atom. The minimum Gasteiger partial charge on any atom is -0.144 e. The minimum absolute atomic E-state index is 0. The highest BCUT2D eigenvalue weighted by Gasteiger charge is 1.95. The van der Waals surface area contributed by atoms with Crippen molar-refractivity contribution in [3.63, 3.8) is 0 Å². The number of thiophene rings is 1. The lowest BCUT2D eigenvalue weighted by atomic mass is 10.1. The van der Waals surface area contributed by atoms with Gasteiger partial charge < -0.3 is 0 Å². The van der Waals surface area contributed by atoms with E-state index < -0.39 is 0 Å². The average molecular weight is 220 g/mol. The molecule has 15 heavy (non-hydrogen) atoms. The Morgan fingerprint density at radius 3 is 2.00 bits per heavy atom. The molecule has 2 rings (SSSR count). The summed E-state index contributed by atoms with van der Waals surface area (Å²) in [6, 6.07) is 12.9. The van der Waals surface area contributed by atoms with Crippen molar-refractivity contribution in [2.75, 3.05) is 0 Å². The fourth-order valence-corrected chi connectivity index (χ4v) is 1.89. The Bertz CT molecular complexity index is 343. The zero-order chi connectivity index (χ0) is 10.4. The summed E-state index contributed by atoms with van der Waals surface area (Å²) in [4.78, 5) is 1.34. The van der Waals surface area contributed by atoms with Gasteiger partial charge in [-0.1, -0.05) is 57.2 Å². The highest BCUT2D eigenvalue weighted by Crippen LogP contribution is 2.24. The summed E-state index contributed by atoms with van der Waals surface area (Å²) in [5.41, 5.74) is 2.63. The molecule has 0 radical (unpaired) electrons. The van der Waals surface area contributed by atoms with Crippen molar-refractivity contribution in [3.8, 4) is 10.4 Å². The van der Waals surface area contributed by atoms with Crippen LogP contribution in [0.4, 0.5) is 0 Å². The maximum Gasteiger partial charge on any atom is 0.0342 e.